The summed E-state index contributed by atoms with van der Waals surface area (Å²) < 4.78 is 12.5. The largest absolute Gasteiger partial charge is 0.485 e. The summed E-state index contributed by atoms with van der Waals surface area (Å²) >= 11 is 8.07. The molecule has 2 aromatic rings. The number of aryl methyl sites for hydroxylation is 1. The molecule has 190 valence electrons. The number of aromatic nitrogens is 1. The Bertz CT molecular complexity index is 1160. The lowest BCUT2D eigenvalue weighted by atomic mass is 9.82. The Labute approximate surface area is 215 Å². The Morgan fingerprint density at radius 3 is 2.57 bits per heavy atom. The number of amides is 1. The van der Waals surface area contributed by atoms with Crippen LogP contribution < -0.4 is 20.3 Å². The van der Waals surface area contributed by atoms with Gasteiger partial charge in [0, 0.05) is 39.9 Å². The Morgan fingerprint density at radius 1 is 1.20 bits per heavy atom. The number of hydrogen-bond donors (Lipinski definition) is 2. The number of hydrogen-bond acceptors (Lipinski definition) is 6. The monoisotopic (exact) mass is 519 g/mol. The normalized spacial score (nSPS) is 21.7. The summed E-state index contributed by atoms with van der Waals surface area (Å²) in [6.07, 6.45) is 6.36. The minimum Gasteiger partial charge on any atom is -0.485 e. The van der Waals surface area contributed by atoms with E-state index >= 15 is 0 Å². The van der Waals surface area contributed by atoms with E-state index in [4.69, 9.17) is 21.1 Å². The van der Waals surface area contributed by atoms with Crippen molar-refractivity contribution in [2.24, 2.45) is 5.92 Å². The van der Waals surface area contributed by atoms with E-state index in [0.717, 1.165) is 36.3 Å². The lowest BCUT2D eigenvalue weighted by Crippen LogP contribution is -2.41. The van der Waals surface area contributed by atoms with E-state index in [1.165, 1.54) is 11.8 Å². The van der Waals surface area contributed by atoms with Gasteiger partial charge in [-0.1, -0.05) is 11.6 Å². The molecule has 35 heavy (non-hydrogen) atoms. The molecule has 1 aliphatic carbocycles. The van der Waals surface area contributed by atoms with Crippen LogP contribution >= 0.6 is 23.4 Å². The van der Waals surface area contributed by atoms with Gasteiger partial charge in [-0.05, 0) is 77.9 Å². The van der Waals surface area contributed by atoms with E-state index in [-0.39, 0.29) is 24.1 Å². The minimum absolute atomic E-state index is 0.0413. The Morgan fingerprint density at radius 2 is 1.91 bits per heavy atom. The fourth-order valence-electron chi connectivity index (χ4n) is 5.09. The van der Waals surface area contributed by atoms with Gasteiger partial charge in [-0.2, -0.15) is 0 Å². The summed E-state index contributed by atoms with van der Waals surface area (Å²) in [5.41, 5.74) is 2.21. The Kier molecular flexibility index (Phi) is 8.03. The maximum atomic E-state index is 13.1. The number of halogens is 1. The third-order valence-electron chi connectivity index (χ3n) is 7.22. The molecule has 2 N–H and O–H groups in total. The van der Waals surface area contributed by atoms with Crippen molar-refractivity contribution < 1.29 is 14.3 Å². The van der Waals surface area contributed by atoms with Crippen LogP contribution in [0.15, 0.2) is 21.8 Å². The first kappa shape index (κ1) is 25.9. The molecule has 0 radical (unpaired) electrons. The summed E-state index contributed by atoms with van der Waals surface area (Å²) in [6.45, 7) is 4.24. The SMILES string of the molecule is CSc1cc(C)[nH]c(=O)c1CNC(=O)c1cc(Cl)c2c(c1C)OCC(C1CCC(N(C)C)CC1)O2. The van der Waals surface area contributed by atoms with Gasteiger partial charge < -0.3 is 24.7 Å². The number of thioether (sulfide) groups is 1. The van der Waals surface area contributed by atoms with Crippen LogP contribution in [0.2, 0.25) is 5.02 Å². The molecule has 9 heteroatoms. The van der Waals surface area contributed by atoms with Crippen LogP contribution in [0.1, 0.15) is 52.9 Å². The second-order valence-corrected chi connectivity index (χ2v) is 11.0. The maximum absolute atomic E-state index is 13.1. The van der Waals surface area contributed by atoms with Crippen LogP contribution in [-0.2, 0) is 6.54 Å². The standard InChI is InChI=1S/C26H34ClN3O4S/c1-14-10-22(35-5)19(26(32)29-14)12-28-25(31)18-11-20(27)24-23(15(18)2)33-13-21(34-24)16-6-8-17(9-7-16)30(3)4/h10-11,16-17,21H,6-9,12-13H2,1-5H3,(H,28,31)(H,29,32). The van der Waals surface area contributed by atoms with E-state index in [1.807, 2.05) is 26.2 Å². The number of nitrogens with one attached hydrogen (secondary N) is 2. The predicted octanol–water partition coefficient (Wildman–Crippen LogP) is 4.56. The van der Waals surface area contributed by atoms with Crippen molar-refractivity contribution in [1.29, 1.82) is 0 Å². The molecule has 1 aromatic heterocycles. The van der Waals surface area contributed by atoms with Gasteiger partial charge >= 0.3 is 0 Å². The van der Waals surface area contributed by atoms with Crippen molar-refractivity contribution >= 4 is 29.3 Å². The molecular weight excluding hydrogens is 486 g/mol. The fourth-order valence-corrected chi connectivity index (χ4v) is 6.04. The molecule has 4 rings (SSSR count). The van der Waals surface area contributed by atoms with Crippen LogP contribution in [0.5, 0.6) is 11.5 Å². The van der Waals surface area contributed by atoms with E-state index in [9.17, 15) is 9.59 Å². The molecule has 2 aliphatic rings. The average molecular weight is 520 g/mol. The highest BCUT2D eigenvalue weighted by Crippen LogP contribution is 2.45. The number of H-pyrrole nitrogens is 1. The first-order chi connectivity index (χ1) is 16.7. The zero-order valence-corrected chi connectivity index (χ0v) is 22.6. The second kappa shape index (κ2) is 10.8. The number of ether oxygens (including phenoxy) is 2. The summed E-state index contributed by atoms with van der Waals surface area (Å²) in [5.74, 6) is 1.16. The van der Waals surface area contributed by atoms with Gasteiger partial charge in [-0.3, -0.25) is 9.59 Å². The van der Waals surface area contributed by atoms with Gasteiger partial charge in [-0.15, -0.1) is 11.8 Å². The summed E-state index contributed by atoms with van der Waals surface area (Å²) in [6, 6.07) is 4.16. The quantitative estimate of drug-likeness (QED) is 0.544. The number of pyridine rings is 1. The van der Waals surface area contributed by atoms with Gasteiger partial charge in [0.2, 0.25) is 0 Å². The van der Waals surface area contributed by atoms with E-state index < -0.39 is 0 Å². The molecular formula is C26H34ClN3O4S. The highest BCUT2D eigenvalue weighted by Gasteiger charge is 2.35. The molecule has 1 aromatic carbocycles. The zero-order chi connectivity index (χ0) is 25.3. The third-order valence-corrected chi connectivity index (χ3v) is 8.30. The molecule has 1 amide bonds. The third kappa shape index (κ3) is 5.49. The van der Waals surface area contributed by atoms with Crippen LogP contribution in [-0.4, -0.2) is 54.9 Å². The minimum atomic E-state index is -0.313. The first-order valence-electron chi connectivity index (χ1n) is 12.0. The van der Waals surface area contributed by atoms with Crippen LogP contribution in [0.4, 0.5) is 0 Å². The van der Waals surface area contributed by atoms with Crippen molar-refractivity contribution in [3.05, 3.63) is 49.9 Å². The van der Waals surface area contributed by atoms with Gasteiger partial charge in [0.15, 0.2) is 11.5 Å². The van der Waals surface area contributed by atoms with Crippen molar-refractivity contribution in [1.82, 2.24) is 15.2 Å². The number of rotatable bonds is 6. The lowest BCUT2D eigenvalue weighted by Gasteiger charge is -2.38. The molecule has 1 unspecified atom stereocenters. The lowest BCUT2D eigenvalue weighted by molar-refractivity contribution is 0.0242. The summed E-state index contributed by atoms with van der Waals surface area (Å²) in [5, 5.41) is 3.23. The molecule has 1 fully saturated rings. The van der Waals surface area contributed by atoms with Gasteiger partial charge in [0.25, 0.3) is 11.5 Å². The van der Waals surface area contributed by atoms with Crippen LogP contribution in [0.25, 0.3) is 0 Å². The molecule has 1 aliphatic heterocycles. The Hall–Kier alpha value is -2.16. The first-order valence-corrected chi connectivity index (χ1v) is 13.6. The fraction of sp³-hybridized carbons (Fsp3) is 0.538. The topological polar surface area (TPSA) is 83.7 Å². The van der Waals surface area contributed by atoms with E-state index in [2.05, 4.69) is 29.3 Å². The number of benzene rings is 1. The molecule has 1 atom stereocenters. The highest BCUT2D eigenvalue weighted by molar-refractivity contribution is 7.98. The number of carbonyl (C=O) groups is 1. The molecule has 2 heterocycles. The van der Waals surface area contributed by atoms with Crippen LogP contribution in [0.3, 0.4) is 0 Å². The highest BCUT2D eigenvalue weighted by atomic mass is 35.5. The number of aromatic amines is 1. The van der Waals surface area contributed by atoms with Crippen molar-refractivity contribution in [2.45, 2.75) is 63.1 Å². The van der Waals surface area contributed by atoms with Crippen molar-refractivity contribution in [3.63, 3.8) is 0 Å². The number of carbonyl (C=O) groups excluding carboxylic acids is 1. The number of nitrogens with zero attached hydrogens (tertiary/aromatic N) is 1. The second-order valence-electron chi connectivity index (χ2n) is 9.70. The molecule has 1 saturated carbocycles. The van der Waals surface area contributed by atoms with Crippen LogP contribution in [0, 0.1) is 19.8 Å². The van der Waals surface area contributed by atoms with Crippen molar-refractivity contribution in [2.75, 3.05) is 27.0 Å². The molecule has 7 nitrogen and oxygen atoms in total. The van der Waals surface area contributed by atoms with E-state index in [0.29, 0.717) is 51.8 Å². The number of fused-ring (bicyclic) bond motifs is 1. The smallest absolute Gasteiger partial charge is 0.254 e. The van der Waals surface area contributed by atoms with Gasteiger partial charge in [-0.25, -0.2) is 0 Å². The Balaban J connectivity index is 1.47. The van der Waals surface area contributed by atoms with Crippen molar-refractivity contribution in [3.8, 4) is 11.5 Å². The zero-order valence-electron chi connectivity index (χ0n) is 21.0. The summed E-state index contributed by atoms with van der Waals surface area (Å²) in [7, 11) is 4.27. The molecule has 0 saturated heterocycles. The predicted molar refractivity (Wildman–Crippen MR) is 140 cm³/mol. The van der Waals surface area contributed by atoms with E-state index in [1.54, 1.807) is 6.07 Å². The van der Waals surface area contributed by atoms with Gasteiger partial charge in [0.1, 0.15) is 12.7 Å². The van der Waals surface area contributed by atoms with Gasteiger partial charge in [0.05, 0.1) is 5.02 Å². The molecule has 0 spiro atoms. The maximum Gasteiger partial charge on any atom is 0.254 e. The summed E-state index contributed by atoms with van der Waals surface area (Å²) in [4.78, 5) is 31.4. The average Bonchev–Trinajstić information content (AvgIpc) is 2.84. The molecule has 0 bridgehead atoms.